The van der Waals surface area contributed by atoms with E-state index in [1.54, 1.807) is 12.1 Å². The highest BCUT2D eigenvalue weighted by Gasteiger charge is 2.19. The maximum absolute atomic E-state index is 14.2. The van der Waals surface area contributed by atoms with Crippen LogP contribution in [0.15, 0.2) is 63.6 Å². The number of hydrogen-bond acceptors (Lipinski definition) is 6. The van der Waals surface area contributed by atoms with E-state index in [-0.39, 0.29) is 28.8 Å². The molecule has 4 aromatic rings. The second kappa shape index (κ2) is 7.55. The number of benzene rings is 2. The molecule has 4 rings (SSSR count). The molecule has 0 bridgehead atoms. The smallest absolute Gasteiger partial charge is 0.283 e. The fourth-order valence-electron chi connectivity index (χ4n) is 2.68. The first kappa shape index (κ1) is 18.4. The molecule has 0 radical (unpaired) electrons. The summed E-state index contributed by atoms with van der Waals surface area (Å²) >= 11 is 0. The van der Waals surface area contributed by atoms with Crippen LogP contribution in [0, 0.1) is 11.6 Å². The lowest BCUT2D eigenvalue weighted by atomic mass is 10.1. The van der Waals surface area contributed by atoms with E-state index in [2.05, 4.69) is 15.5 Å². The third-order valence-corrected chi connectivity index (χ3v) is 4.03. The zero-order valence-corrected chi connectivity index (χ0v) is 15.0. The second-order valence-corrected chi connectivity index (χ2v) is 5.86. The first-order valence-corrected chi connectivity index (χ1v) is 8.38. The van der Waals surface area contributed by atoms with Crippen LogP contribution in [0.2, 0.25) is 0 Å². The lowest BCUT2D eigenvalue weighted by Crippen LogP contribution is -2.15. The van der Waals surface area contributed by atoms with E-state index < -0.39 is 17.5 Å². The van der Waals surface area contributed by atoms with Gasteiger partial charge in [0.1, 0.15) is 5.82 Å². The Bertz CT molecular complexity index is 1170. The minimum atomic E-state index is -0.737. The maximum atomic E-state index is 14.2. The van der Waals surface area contributed by atoms with Crippen molar-refractivity contribution in [3.8, 4) is 28.9 Å². The third-order valence-electron chi connectivity index (χ3n) is 4.03. The van der Waals surface area contributed by atoms with Crippen molar-refractivity contribution in [2.75, 3.05) is 12.4 Å². The van der Waals surface area contributed by atoms with Gasteiger partial charge < -0.3 is 18.9 Å². The Balaban J connectivity index is 1.63. The first-order valence-electron chi connectivity index (χ1n) is 8.38. The molecule has 9 heteroatoms. The lowest BCUT2D eigenvalue weighted by molar-refractivity contribution is 0.102. The van der Waals surface area contributed by atoms with Crippen LogP contribution >= 0.6 is 0 Å². The van der Waals surface area contributed by atoms with Gasteiger partial charge in [-0.15, -0.1) is 10.2 Å². The van der Waals surface area contributed by atoms with Crippen LogP contribution in [0.25, 0.3) is 23.1 Å². The fourth-order valence-corrected chi connectivity index (χ4v) is 2.68. The number of halogens is 2. The van der Waals surface area contributed by atoms with Crippen molar-refractivity contribution in [2.24, 2.45) is 0 Å². The molecule has 1 amide bonds. The number of nitrogens with one attached hydrogen (secondary N) is 1. The molecule has 0 atom stereocenters. The molecule has 0 fully saturated rings. The van der Waals surface area contributed by atoms with E-state index >= 15 is 0 Å². The second-order valence-electron chi connectivity index (χ2n) is 5.86. The summed E-state index contributed by atoms with van der Waals surface area (Å²) in [4.78, 5) is 12.5. The Labute approximate surface area is 162 Å². The van der Waals surface area contributed by atoms with Crippen LogP contribution in [0.1, 0.15) is 10.4 Å². The van der Waals surface area contributed by atoms with Gasteiger partial charge in [-0.05, 0) is 42.5 Å². The van der Waals surface area contributed by atoms with Gasteiger partial charge in [-0.1, -0.05) is 6.07 Å². The molecule has 7 nitrogen and oxygen atoms in total. The largest absolute Gasteiger partial charge is 0.493 e. The average molecular weight is 397 g/mol. The molecular formula is C20H13F2N3O4. The van der Waals surface area contributed by atoms with Gasteiger partial charge in [0.15, 0.2) is 17.3 Å². The minimum absolute atomic E-state index is 0.0739. The number of carbonyl (C=O) groups is 1. The van der Waals surface area contributed by atoms with Crippen LogP contribution in [-0.2, 0) is 0 Å². The number of para-hydroxylation sites is 1. The average Bonchev–Trinajstić information content (AvgIpc) is 3.41. The Hall–Kier alpha value is -4.01. The predicted octanol–water partition coefficient (Wildman–Crippen LogP) is 4.54. The highest BCUT2D eigenvalue weighted by Crippen LogP contribution is 2.28. The maximum Gasteiger partial charge on any atom is 0.283 e. The van der Waals surface area contributed by atoms with Gasteiger partial charge in [-0.2, -0.15) is 0 Å². The van der Waals surface area contributed by atoms with Crippen LogP contribution in [0.3, 0.4) is 0 Å². The van der Waals surface area contributed by atoms with E-state index in [0.29, 0.717) is 11.3 Å². The summed E-state index contributed by atoms with van der Waals surface area (Å²) in [5.41, 5.74) is 0.157. The fraction of sp³-hybridized carbons (Fsp3) is 0.0500. The van der Waals surface area contributed by atoms with Gasteiger partial charge in [0.25, 0.3) is 11.8 Å². The summed E-state index contributed by atoms with van der Waals surface area (Å²) in [6.45, 7) is 0. The number of ether oxygens (including phenoxy) is 1. The summed E-state index contributed by atoms with van der Waals surface area (Å²) in [5, 5.41) is 10.2. The van der Waals surface area contributed by atoms with Crippen molar-refractivity contribution in [3.05, 3.63) is 72.0 Å². The van der Waals surface area contributed by atoms with Crippen molar-refractivity contribution in [2.45, 2.75) is 0 Å². The van der Waals surface area contributed by atoms with E-state index in [1.165, 1.54) is 37.6 Å². The molecule has 29 heavy (non-hydrogen) atoms. The number of furan rings is 1. The van der Waals surface area contributed by atoms with E-state index in [4.69, 9.17) is 13.6 Å². The topological polar surface area (TPSA) is 90.4 Å². The van der Waals surface area contributed by atoms with Gasteiger partial charge in [0.05, 0.1) is 24.6 Å². The standard InChI is InChI=1S/C20H13F2N3O4/c1-27-17-12(4-2-5-14(17)22)18(26)23-15-10-11(7-8-13(15)21)19-24-25-20(29-19)16-6-3-9-28-16/h2-10H,1H3,(H,23,26). The number of nitrogens with zero attached hydrogens (tertiary/aromatic N) is 2. The Morgan fingerprint density at radius 2 is 1.86 bits per heavy atom. The van der Waals surface area contributed by atoms with E-state index in [9.17, 15) is 13.6 Å². The van der Waals surface area contributed by atoms with Gasteiger partial charge >= 0.3 is 0 Å². The van der Waals surface area contributed by atoms with Gasteiger partial charge in [0.2, 0.25) is 5.89 Å². The van der Waals surface area contributed by atoms with Crippen LogP contribution in [-0.4, -0.2) is 23.2 Å². The van der Waals surface area contributed by atoms with Crippen molar-refractivity contribution >= 4 is 11.6 Å². The van der Waals surface area contributed by atoms with Gasteiger partial charge in [-0.25, -0.2) is 8.78 Å². The van der Waals surface area contributed by atoms with Crippen LogP contribution in [0.4, 0.5) is 14.5 Å². The van der Waals surface area contributed by atoms with Crippen molar-refractivity contribution in [1.29, 1.82) is 0 Å². The molecule has 2 aromatic carbocycles. The molecule has 2 aromatic heterocycles. The zero-order chi connectivity index (χ0) is 20.4. The number of carbonyl (C=O) groups excluding carboxylic acids is 1. The molecule has 0 aliphatic rings. The predicted molar refractivity (Wildman–Crippen MR) is 98.3 cm³/mol. The zero-order valence-electron chi connectivity index (χ0n) is 15.0. The van der Waals surface area contributed by atoms with Crippen LogP contribution in [0.5, 0.6) is 5.75 Å². The summed E-state index contributed by atoms with van der Waals surface area (Å²) in [5.74, 6) is -1.72. The molecule has 146 valence electrons. The molecule has 1 N–H and O–H groups in total. The molecule has 0 aliphatic carbocycles. The molecule has 0 saturated carbocycles. The van der Waals surface area contributed by atoms with E-state index in [0.717, 1.165) is 12.1 Å². The summed E-state index contributed by atoms with van der Waals surface area (Å²) < 4.78 is 43.7. The third kappa shape index (κ3) is 3.57. The number of amides is 1. The Kier molecular flexibility index (Phi) is 4.78. The highest BCUT2D eigenvalue weighted by molar-refractivity contribution is 6.06. The normalized spacial score (nSPS) is 10.7. The van der Waals surface area contributed by atoms with Crippen molar-refractivity contribution in [1.82, 2.24) is 10.2 Å². The van der Waals surface area contributed by atoms with Gasteiger partial charge in [-0.3, -0.25) is 4.79 Å². The molecule has 0 aliphatic heterocycles. The summed E-state index contributed by atoms with van der Waals surface area (Å²) in [7, 11) is 1.24. The summed E-state index contributed by atoms with van der Waals surface area (Å²) in [6.07, 6.45) is 1.46. The summed E-state index contributed by atoms with van der Waals surface area (Å²) in [6, 6.07) is 11.1. The van der Waals surface area contributed by atoms with Gasteiger partial charge in [0, 0.05) is 5.56 Å². The lowest BCUT2D eigenvalue weighted by Gasteiger charge is -2.11. The number of anilines is 1. The quantitative estimate of drug-likeness (QED) is 0.532. The molecular weight excluding hydrogens is 384 g/mol. The first-order chi connectivity index (χ1) is 14.1. The molecule has 2 heterocycles. The Morgan fingerprint density at radius 1 is 1.03 bits per heavy atom. The number of hydrogen-bond donors (Lipinski definition) is 1. The van der Waals surface area contributed by atoms with Crippen LogP contribution < -0.4 is 10.1 Å². The monoisotopic (exact) mass is 397 g/mol. The molecule has 0 spiro atoms. The molecule has 0 unspecified atom stereocenters. The molecule has 0 saturated heterocycles. The van der Waals surface area contributed by atoms with E-state index in [1.807, 2.05) is 0 Å². The van der Waals surface area contributed by atoms with Crippen molar-refractivity contribution in [3.63, 3.8) is 0 Å². The van der Waals surface area contributed by atoms with Crippen molar-refractivity contribution < 1.29 is 27.1 Å². The highest BCUT2D eigenvalue weighted by atomic mass is 19.1. The number of methoxy groups -OCH3 is 1. The number of rotatable bonds is 5. The SMILES string of the molecule is COc1c(F)cccc1C(=O)Nc1cc(-c2nnc(-c3ccco3)o2)ccc1F. The Morgan fingerprint density at radius 3 is 2.62 bits per heavy atom. The minimum Gasteiger partial charge on any atom is -0.493 e. The number of aromatic nitrogens is 2.